The van der Waals surface area contributed by atoms with Crippen molar-refractivity contribution in [3.05, 3.63) is 0 Å². The van der Waals surface area contributed by atoms with Gasteiger partial charge in [0.2, 0.25) is 0 Å². The lowest BCUT2D eigenvalue weighted by molar-refractivity contribution is -0.342. The molecule has 1 rings (SSSR count). The number of hydrogen-bond donors (Lipinski definition) is 6. The molecule has 0 spiro atoms. The minimum absolute atomic E-state index is 0.126. The number of nitrogens with two attached hydrogens (primary N) is 3. The first-order chi connectivity index (χ1) is 14.3. The SMILES string of the molecule is NCC(=O)OCCN1C(O)N(CCOC(=O)CN)C(O)N(CCOC(=O)CN)C1O. The van der Waals surface area contributed by atoms with Crippen LogP contribution in [0.5, 0.6) is 0 Å². The third-order valence-electron chi connectivity index (χ3n) is 4.12. The molecule has 0 unspecified atom stereocenters. The Kier molecular flexibility index (Phi) is 11.6. The first-order valence-electron chi connectivity index (χ1n) is 9.15. The lowest BCUT2D eigenvalue weighted by Gasteiger charge is -2.51. The highest BCUT2D eigenvalue weighted by atomic mass is 16.5. The highest BCUT2D eigenvalue weighted by Gasteiger charge is 2.44. The fourth-order valence-corrected chi connectivity index (χ4v) is 2.59. The molecule has 0 saturated carbocycles. The summed E-state index contributed by atoms with van der Waals surface area (Å²) in [4.78, 5) is 36.9. The van der Waals surface area contributed by atoms with Gasteiger partial charge in [-0.25, -0.2) is 14.7 Å². The highest BCUT2D eigenvalue weighted by Crippen LogP contribution is 2.22. The van der Waals surface area contributed by atoms with Crippen molar-refractivity contribution in [3.8, 4) is 0 Å². The molecule has 0 atom stereocenters. The Morgan fingerprint density at radius 2 is 0.833 bits per heavy atom. The topological polar surface area (TPSA) is 227 Å². The van der Waals surface area contributed by atoms with Crippen LogP contribution in [0.2, 0.25) is 0 Å². The summed E-state index contributed by atoms with van der Waals surface area (Å²) in [5, 5.41) is 31.7. The van der Waals surface area contributed by atoms with Crippen LogP contribution in [0.25, 0.3) is 0 Å². The summed E-state index contributed by atoms with van der Waals surface area (Å²) >= 11 is 0. The van der Waals surface area contributed by atoms with Crippen molar-refractivity contribution in [1.29, 1.82) is 0 Å². The molecule has 15 heteroatoms. The van der Waals surface area contributed by atoms with Crippen molar-refractivity contribution < 1.29 is 43.9 Å². The van der Waals surface area contributed by atoms with E-state index in [1.165, 1.54) is 0 Å². The smallest absolute Gasteiger partial charge is 0.319 e. The quantitative estimate of drug-likeness (QED) is 0.123. The first kappa shape index (κ1) is 26.1. The molecule has 0 bridgehead atoms. The zero-order valence-electron chi connectivity index (χ0n) is 16.5. The summed E-state index contributed by atoms with van der Waals surface area (Å²) in [6.07, 6.45) is -4.57. The maximum Gasteiger partial charge on any atom is 0.319 e. The van der Waals surface area contributed by atoms with E-state index in [-0.39, 0.29) is 59.1 Å². The van der Waals surface area contributed by atoms with Gasteiger partial charge in [0, 0.05) is 19.6 Å². The summed E-state index contributed by atoms with van der Waals surface area (Å²) < 4.78 is 14.5. The molecule has 15 nitrogen and oxygen atoms in total. The van der Waals surface area contributed by atoms with E-state index in [0.717, 1.165) is 14.7 Å². The average Bonchev–Trinajstić information content (AvgIpc) is 2.74. The van der Waals surface area contributed by atoms with Crippen LogP contribution < -0.4 is 17.2 Å². The molecule has 30 heavy (non-hydrogen) atoms. The monoisotopic (exact) mass is 438 g/mol. The number of esters is 3. The fraction of sp³-hybridized carbons (Fsp3) is 0.800. The molecule has 1 saturated heterocycles. The maximum atomic E-state index is 11.2. The Morgan fingerprint density at radius 1 is 0.600 bits per heavy atom. The standard InChI is InChI=1S/C15H30N6O9/c16-7-10(22)28-4-1-19-13(25)20(2-5-29-11(23)8-17)15(27)21(14(19)26)3-6-30-12(24)9-18/h13-15,25-27H,1-9,16-18H2. The summed E-state index contributed by atoms with van der Waals surface area (Å²) in [7, 11) is 0. The van der Waals surface area contributed by atoms with Gasteiger partial charge in [0.15, 0.2) is 19.1 Å². The minimum Gasteiger partial charge on any atom is -0.463 e. The molecule has 1 fully saturated rings. The van der Waals surface area contributed by atoms with Crippen molar-refractivity contribution in [2.24, 2.45) is 17.2 Å². The lowest BCUT2D eigenvalue weighted by atomic mass is 10.3. The third-order valence-corrected chi connectivity index (χ3v) is 4.12. The van der Waals surface area contributed by atoms with Crippen LogP contribution in [0.15, 0.2) is 0 Å². The molecule has 1 aliphatic heterocycles. The molecule has 0 aromatic carbocycles. The second kappa shape index (κ2) is 13.4. The number of nitrogens with zero attached hydrogens (tertiary/aromatic N) is 3. The van der Waals surface area contributed by atoms with E-state index < -0.39 is 37.0 Å². The molecule has 1 heterocycles. The van der Waals surface area contributed by atoms with Crippen molar-refractivity contribution in [2.75, 3.05) is 59.1 Å². The summed E-state index contributed by atoms with van der Waals surface area (Å²) in [6.45, 7) is -1.98. The van der Waals surface area contributed by atoms with Crippen molar-refractivity contribution in [1.82, 2.24) is 14.7 Å². The number of aliphatic hydroxyl groups excluding tert-OH is 3. The molecule has 0 aromatic heterocycles. The van der Waals surface area contributed by atoms with Gasteiger partial charge in [-0.1, -0.05) is 0 Å². The highest BCUT2D eigenvalue weighted by molar-refractivity contribution is 5.71. The van der Waals surface area contributed by atoms with E-state index >= 15 is 0 Å². The second-order valence-electron chi connectivity index (χ2n) is 6.03. The van der Waals surface area contributed by atoms with Crippen LogP contribution in [-0.4, -0.2) is 126 Å². The Bertz CT molecular complexity index is 481. The van der Waals surface area contributed by atoms with Gasteiger partial charge in [0.25, 0.3) is 0 Å². The largest absolute Gasteiger partial charge is 0.463 e. The number of hydrogen-bond acceptors (Lipinski definition) is 15. The van der Waals surface area contributed by atoms with Crippen molar-refractivity contribution in [3.63, 3.8) is 0 Å². The van der Waals surface area contributed by atoms with Crippen LogP contribution in [0.1, 0.15) is 0 Å². The molecule has 0 amide bonds. The van der Waals surface area contributed by atoms with Gasteiger partial charge in [0.05, 0.1) is 19.6 Å². The molecule has 0 aliphatic carbocycles. The van der Waals surface area contributed by atoms with E-state index in [1.807, 2.05) is 0 Å². The van der Waals surface area contributed by atoms with E-state index in [4.69, 9.17) is 31.4 Å². The van der Waals surface area contributed by atoms with Crippen LogP contribution in [0.4, 0.5) is 0 Å². The van der Waals surface area contributed by atoms with Gasteiger partial charge in [-0.15, -0.1) is 0 Å². The third kappa shape index (κ3) is 7.71. The number of carbonyl (C=O) groups excluding carboxylic acids is 3. The van der Waals surface area contributed by atoms with Gasteiger partial charge in [0.1, 0.15) is 19.8 Å². The van der Waals surface area contributed by atoms with Gasteiger partial charge in [-0.2, -0.15) is 0 Å². The Morgan fingerprint density at radius 3 is 1.03 bits per heavy atom. The van der Waals surface area contributed by atoms with Crippen LogP contribution >= 0.6 is 0 Å². The van der Waals surface area contributed by atoms with Crippen LogP contribution in [0.3, 0.4) is 0 Å². The predicted octanol–water partition coefficient (Wildman–Crippen LogP) is -5.76. The summed E-state index contributed by atoms with van der Waals surface area (Å²) in [5.74, 6) is -2.02. The van der Waals surface area contributed by atoms with Crippen LogP contribution in [0, 0.1) is 0 Å². The molecule has 174 valence electrons. The van der Waals surface area contributed by atoms with E-state index in [2.05, 4.69) is 0 Å². The lowest BCUT2D eigenvalue weighted by Crippen LogP contribution is -2.72. The van der Waals surface area contributed by atoms with E-state index in [0.29, 0.717) is 0 Å². The molecule has 1 aliphatic rings. The fourth-order valence-electron chi connectivity index (χ4n) is 2.59. The van der Waals surface area contributed by atoms with Crippen molar-refractivity contribution in [2.45, 2.75) is 19.1 Å². The number of aliphatic hydroxyl groups is 3. The first-order valence-corrected chi connectivity index (χ1v) is 9.15. The minimum atomic E-state index is -1.52. The normalized spacial score (nSPS) is 23.2. The number of rotatable bonds is 12. The van der Waals surface area contributed by atoms with Gasteiger partial charge in [-0.05, 0) is 0 Å². The second-order valence-corrected chi connectivity index (χ2v) is 6.03. The zero-order valence-corrected chi connectivity index (χ0v) is 16.5. The van der Waals surface area contributed by atoms with Gasteiger partial charge >= 0.3 is 17.9 Å². The molecule has 0 radical (unpaired) electrons. The van der Waals surface area contributed by atoms with Crippen molar-refractivity contribution >= 4 is 17.9 Å². The zero-order chi connectivity index (χ0) is 22.7. The molecule has 9 N–H and O–H groups in total. The maximum absolute atomic E-state index is 11.2. The average molecular weight is 438 g/mol. The van der Waals surface area contributed by atoms with E-state index in [1.54, 1.807) is 0 Å². The number of ether oxygens (including phenoxy) is 3. The predicted molar refractivity (Wildman–Crippen MR) is 98.2 cm³/mol. The van der Waals surface area contributed by atoms with Crippen LogP contribution in [-0.2, 0) is 28.6 Å². The van der Waals surface area contributed by atoms with E-state index in [9.17, 15) is 29.7 Å². The molecule has 0 aromatic rings. The summed E-state index contributed by atoms with van der Waals surface area (Å²) in [5.41, 5.74) is 15.5. The Balaban J connectivity index is 2.84. The Hall–Kier alpha value is -1.95. The Labute approximate surface area is 172 Å². The molecular formula is C15H30N6O9. The number of carbonyl (C=O) groups is 3. The van der Waals surface area contributed by atoms with Gasteiger partial charge in [-0.3, -0.25) is 14.4 Å². The molecular weight excluding hydrogens is 408 g/mol. The van der Waals surface area contributed by atoms with Gasteiger partial charge < -0.3 is 46.7 Å². The summed E-state index contributed by atoms with van der Waals surface area (Å²) in [6, 6.07) is 0.